The van der Waals surface area contributed by atoms with Crippen molar-refractivity contribution in [3.8, 4) is 5.88 Å². The van der Waals surface area contributed by atoms with Gasteiger partial charge in [0.25, 0.3) is 5.56 Å². The Hall–Kier alpha value is -2.37. The van der Waals surface area contributed by atoms with Crippen molar-refractivity contribution in [2.45, 2.75) is 20.0 Å². The molecule has 0 unspecified atom stereocenters. The number of hydrogen-bond donors (Lipinski definition) is 1. The van der Waals surface area contributed by atoms with Crippen LogP contribution in [-0.4, -0.2) is 22.3 Å². The summed E-state index contributed by atoms with van der Waals surface area (Å²) in [5.74, 6) is 0.612. The number of nitrogens with zero attached hydrogens (tertiary/aromatic N) is 3. The van der Waals surface area contributed by atoms with E-state index in [4.69, 9.17) is 4.74 Å². The van der Waals surface area contributed by atoms with Crippen molar-refractivity contribution in [1.29, 1.82) is 0 Å². The summed E-state index contributed by atoms with van der Waals surface area (Å²) in [5.41, 5.74) is 3.51. The van der Waals surface area contributed by atoms with Crippen molar-refractivity contribution in [2.24, 2.45) is 0 Å². The number of methoxy groups -OCH3 is 1. The number of hydrogen-bond acceptors (Lipinski definition) is 5. The highest BCUT2D eigenvalue weighted by Gasteiger charge is 2.23. The molecule has 1 aliphatic heterocycles. The first kappa shape index (κ1) is 11.7. The summed E-state index contributed by atoms with van der Waals surface area (Å²) in [6.07, 6.45) is 1.68. The van der Waals surface area contributed by atoms with Gasteiger partial charge in [0.1, 0.15) is 0 Å². The van der Waals surface area contributed by atoms with E-state index in [-0.39, 0.29) is 5.56 Å². The third kappa shape index (κ3) is 1.95. The molecule has 3 rings (SSSR count). The van der Waals surface area contributed by atoms with E-state index < -0.39 is 0 Å². The van der Waals surface area contributed by atoms with E-state index >= 15 is 0 Å². The van der Waals surface area contributed by atoms with Crippen LogP contribution in [0.5, 0.6) is 5.88 Å². The molecule has 0 bridgehead atoms. The van der Waals surface area contributed by atoms with Crippen LogP contribution in [0.25, 0.3) is 0 Å². The van der Waals surface area contributed by atoms with Gasteiger partial charge in [-0.15, -0.1) is 0 Å². The molecule has 98 valence electrons. The van der Waals surface area contributed by atoms with Crippen molar-refractivity contribution >= 4 is 5.69 Å². The number of aromatic nitrogens is 3. The van der Waals surface area contributed by atoms with E-state index in [1.807, 2.05) is 12.1 Å². The average molecular weight is 258 g/mol. The molecular weight excluding hydrogens is 244 g/mol. The normalized spacial score (nSPS) is 13.5. The topological polar surface area (TPSA) is 71.1 Å². The van der Waals surface area contributed by atoms with Crippen molar-refractivity contribution in [2.75, 3.05) is 12.0 Å². The molecule has 6 heteroatoms. The molecule has 1 N–H and O–H groups in total. The minimum absolute atomic E-state index is 0.154. The Morgan fingerprint density at radius 1 is 1.37 bits per heavy atom. The summed E-state index contributed by atoms with van der Waals surface area (Å²) >= 11 is 0. The van der Waals surface area contributed by atoms with Gasteiger partial charge < -0.3 is 9.64 Å². The van der Waals surface area contributed by atoms with Gasteiger partial charge in [-0.3, -0.25) is 4.79 Å². The lowest BCUT2D eigenvalue weighted by molar-refractivity contribution is 0.396. The first-order chi connectivity index (χ1) is 9.19. The van der Waals surface area contributed by atoms with Gasteiger partial charge in [-0.1, -0.05) is 0 Å². The maximum Gasteiger partial charge on any atom is 0.269 e. The lowest BCUT2D eigenvalue weighted by Gasteiger charge is -2.18. The van der Waals surface area contributed by atoms with Crippen molar-refractivity contribution in [1.82, 2.24) is 15.2 Å². The molecule has 6 nitrogen and oxygen atoms in total. The number of H-pyrrole nitrogens is 1. The quantitative estimate of drug-likeness (QED) is 0.870. The highest BCUT2D eigenvalue weighted by molar-refractivity contribution is 5.53. The Labute approximate surface area is 110 Å². The van der Waals surface area contributed by atoms with Gasteiger partial charge in [0.15, 0.2) is 0 Å². The smallest absolute Gasteiger partial charge is 0.269 e. The number of fused-ring (bicyclic) bond motifs is 1. The third-order valence-corrected chi connectivity index (χ3v) is 3.37. The van der Waals surface area contributed by atoms with Crippen molar-refractivity contribution in [3.63, 3.8) is 0 Å². The van der Waals surface area contributed by atoms with Gasteiger partial charge in [0.2, 0.25) is 5.88 Å². The predicted octanol–water partition coefficient (Wildman–Crippen LogP) is 1.00. The minimum atomic E-state index is -0.154. The van der Waals surface area contributed by atoms with Crippen LogP contribution in [-0.2, 0) is 13.1 Å². The van der Waals surface area contributed by atoms with Gasteiger partial charge in [-0.2, -0.15) is 5.10 Å². The first-order valence-corrected chi connectivity index (χ1v) is 6.01. The van der Waals surface area contributed by atoms with E-state index in [0.717, 1.165) is 23.5 Å². The molecule has 0 amide bonds. The van der Waals surface area contributed by atoms with E-state index in [1.54, 1.807) is 20.2 Å². The molecule has 1 aliphatic rings. The SMILES string of the molecule is COc1ccc2c(n1)CN(c1cn[nH]c(=O)c1C)C2. The van der Waals surface area contributed by atoms with E-state index in [1.165, 1.54) is 0 Å². The monoisotopic (exact) mass is 258 g/mol. The van der Waals surface area contributed by atoms with Gasteiger partial charge in [-0.25, -0.2) is 10.1 Å². The minimum Gasteiger partial charge on any atom is -0.481 e. The fourth-order valence-corrected chi connectivity index (χ4v) is 2.29. The number of pyridine rings is 1. The summed E-state index contributed by atoms with van der Waals surface area (Å²) in [6.45, 7) is 3.20. The molecule has 2 aromatic heterocycles. The molecule has 0 aromatic carbocycles. The molecule has 0 spiro atoms. The van der Waals surface area contributed by atoms with E-state index in [2.05, 4.69) is 20.1 Å². The Morgan fingerprint density at radius 3 is 3.00 bits per heavy atom. The second-order valence-electron chi connectivity index (χ2n) is 4.52. The Bertz CT molecular complexity index is 681. The maximum absolute atomic E-state index is 11.6. The standard InChI is InChI=1S/C13H14N4O2/c1-8-11(5-14-16-13(8)18)17-6-9-3-4-12(19-2)15-10(9)7-17/h3-5H,6-7H2,1-2H3,(H,16,18). The fourth-order valence-electron chi connectivity index (χ4n) is 2.29. The number of ether oxygens (including phenoxy) is 1. The zero-order chi connectivity index (χ0) is 13.4. The van der Waals surface area contributed by atoms with Crippen LogP contribution in [0, 0.1) is 6.92 Å². The molecule has 0 saturated heterocycles. The van der Waals surface area contributed by atoms with Crippen LogP contribution in [0.4, 0.5) is 5.69 Å². The second-order valence-corrected chi connectivity index (χ2v) is 4.52. The van der Waals surface area contributed by atoms with Crippen LogP contribution >= 0.6 is 0 Å². The Balaban J connectivity index is 1.95. The zero-order valence-electron chi connectivity index (χ0n) is 10.8. The number of anilines is 1. The van der Waals surface area contributed by atoms with Gasteiger partial charge in [0.05, 0.1) is 31.2 Å². The number of nitrogens with one attached hydrogen (secondary N) is 1. The average Bonchev–Trinajstić information content (AvgIpc) is 2.84. The van der Waals surface area contributed by atoms with Crippen LogP contribution in [0.15, 0.2) is 23.1 Å². The van der Waals surface area contributed by atoms with Crippen LogP contribution in [0.1, 0.15) is 16.8 Å². The first-order valence-electron chi connectivity index (χ1n) is 6.01. The summed E-state index contributed by atoms with van der Waals surface area (Å²) in [5, 5.41) is 6.30. The zero-order valence-corrected chi connectivity index (χ0v) is 10.8. The molecule has 2 aromatic rings. The summed E-state index contributed by atoms with van der Waals surface area (Å²) in [4.78, 5) is 18.1. The molecule has 3 heterocycles. The Kier molecular flexibility index (Phi) is 2.70. The van der Waals surface area contributed by atoms with Crippen LogP contribution < -0.4 is 15.2 Å². The van der Waals surface area contributed by atoms with Gasteiger partial charge in [0, 0.05) is 18.2 Å². The molecule has 0 radical (unpaired) electrons. The maximum atomic E-state index is 11.6. The van der Waals surface area contributed by atoms with Gasteiger partial charge >= 0.3 is 0 Å². The molecular formula is C13H14N4O2. The lowest BCUT2D eigenvalue weighted by atomic mass is 10.2. The number of rotatable bonds is 2. The molecule has 0 aliphatic carbocycles. The predicted molar refractivity (Wildman–Crippen MR) is 70.3 cm³/mol. The van der Waals surface area contributed by atoms with Crippen LogP contribution in [0.3, 0.4) is 0 Å². The van der Waals surface area contributed by atoms with E-state index in [9.17, 15) is 4.79 Å². The van der Waals surface area contributed by atoms with Crippen molar-refractivity contribution < 1.29 is 4.74 Å². The van der Waals surface area contributed by atoms with Gasteiger partial charge in [-0.05, 0) is 18.6 Å². The Morgan fingerprint density at radius 2 is 2.21 bits per heavy atom. The fraction of sp³-hybridized carbons (Fsp3) is 0.308. The second kappa shape index (κ2) is 4.38. The largest absolute Gasteiger partial charge is 0.481 e. The highest BCUT2D eigenvalue weighted by atomic mass is 16.5. The van der Waals surface area contributed by atoms with Crippen molar-refractivity contribution in [3.05, 3.63) is 45.5 Å². The number of aromatic amines is 1. The van der Waals surface area contributed by atoms with Crippen LogP contribution in [0.2, 0.25) is 0 Å². The summed E-state index contributed by atoms with van der Waals surface area (Å²) in [6, 6.07) is 3.86. The van der Waals surface area contributed by atoms with E-state index in [0.29, 0.717) is 18.0 Å². The lowest BCUT2D eigenvalue weighted by Crippen LogP contribution is -2.21. The highest BCUT2D eigenvalue weighted by Crippen LogP contribution is 2.28. The molecule has 0 atom stereocenters. The molecule has 0 saturated carbocycles. The third-order valence-electron chi connectivity index (χ3n) is 3.37. The molecule has 0 fully saturated rings. The summed E-state index contributed by atoms with van der Waals surface area (Å²) < 4.78 is 5.13. The summed E-state index contributed by atoms with van der Waals surface area (Å²) in [7, 11) is 1.60. The molecule has 19 heavy (non-hydrogen) atoms.